The van der Waals surface area contributed by atoms with Crippen LogP contribution in [0.5, 0.6) is 0 Å². The summed E-state index contributed by atoms with van der Waals surface area (Å²) >= 11 is 0. The normalized spacial score (nSPS) is 19.4. The van der Waals surface area contributed by atoms with E-state index >= 15 is 0 Å². The number of hydrogen-bond donors (Lipinski definition) is 2. The zero-order chi connectivity index (χ0) is 14.5. The molecule has 0 unspecified atom stereocenters. The monoisotopic (exact) mass is 288 g/mol. The Bertz CT molecular complexity index is 479. The molecule has 0 radical (unpaired) electrons. The maximum absolute atomic E-state index is 12.2. The van der Waals surface area contributed by atoms with Crippen LogP contribution >= 0.6 is 0 Å². The number of amides is 1. The third-order valence-corrected chi connectivity index (χ3v) is 4.22. The van der Waals surface area contributed by atoms with E-state index < -0.39 is 0 Å². The number of anilines is 1. The van der Waals surface area contributed by atoms with Crippen molar-refractivity contribution in [2.75, 3.05) is 25.0 Å². The van der Waals surface area contributed by atoms with E-state index in [1.165, 1.54) is 12.8 Å². The molecule has 1 saturated heterocycles. The number of nitrogens with one attached hydrogen (secondary N) is 2. The summed E-state index contributed by atoms with van der Waals surface area (Å²) in [6.07, 6.45) is 4.48. The zero-order valence-corrected chi connectivity index (χ0v) is 12.4. The molecular formula is C17H24N2O2. The van der Waals surface area contributed by atoms with E-state index in [1.807, 2.05) is 24.3 Å². The molecule has 1 saturated carbocycles. The van der Waals surface area contributed by atoms with Crippen LogP contribution < -0.4 is 10.6 Å². The van der Waals surface area contributed by atoms with Crippen LogP contribution in [-0.2, 0) is 16.1 Å². The van der Waals surface area contributed by atoms with Gasteiger partial charge in [0.2, 0.25) is 5.91 Å². The Kier molecular flexibility index (Phi) is 4.88. The first kappa shape index (κ1) is 14.5. The maximum atomic E-state index is 12.2. The molecule has 0 aromatic heterocycles. The Morgan fingerprint density at radius 2 is 2.05 bits per heavy atom. The lowest BCUT2D eigenvalue weighted by Gasteiger charge is -2.21. The van der Waals surface area contributed by atoms with Crippen molar-refractivity contribution in [2.24, 2.45) is 11.8 Å². The van der Waals surface area contributed by atoms with Gasteiger partial charge in [0.05, 0.1) is 6.61 Å². The van der Waals surface area contributed by atoms with Gasteiger partial charge in [0.25, 0.3) is 0 Å². The number of piperidine rings is 1. The van der Waals surface area contributed by atoms with Gasteiger partial charge in [0.1, 0.15) is 0 Å². The molecule has 0 atom stereocenters. The zero-order valence-electron chi connectivity index (χ0n) is 12.4. The number of benzene rings is 1. The van der Waals surface area contributed by atoms with Crippen molar-refractivity contribution < 1.29 is 9.53 Å². The van der Waals surface area contributed by atoms with Gasteiger partial charge in [0, 0.05) is 18.2 Å². The molecule has 0 bridgehead atoms. The van der Waals surface area contributed by atoms with Crippen molar-refractivity contribution in [1.82, 2.24) is 5.32 Å². The number of hydrogen-bond acceptors (Lipinski definition) is 3. The predicted molar refractivity (Wildman–Crippen MR) is 83.0 cm³/mol. The quantitative estimate of drug-likeness (QED) is 0.846. The lowest BCUT2D eigenvalue weighted by atomic mass is 9.97. The van der Waals surface area contributed by atoms with Crippen LogP contribution in [0, 0.1) is 11.8 Å². The highest BCUT2D eigenvalue weighted by atomic mass is 16.5. The average Bonchev–Trinajstić information content (AvgIpc) is 3.33. The minimum absolute atomic E-state index is 0.140. The van der Waals surface area contributed by atoms with Gasteiger partial charge in [0.15, 0.2) is 0 Å². The summed E-state index contributed by atoms with van der Waals surface area (Å²) in [6.45, 7) is 3.37. The minimum Gasteiger partial charge on any atom is -0.376 e. The van der Waals surface area contributed by atoms with Crippen molar-refractivity contribution in [3.63, 3.8) is 0 Å². The van der Waals surface area contributed by atoms with Gasteiger partial charge >= 0.3 is 0 Å². The van der Waals surface area contributed by atoms with Gasteiger partial charge in [-0.25, -0.2) is 0 Å². The van der Waals surface area contributed by atoms with Crippen LogP contribution in [0.2, 0.25) is 0 Å². The van der Waals surface area contributed by atoms with Gasteiger partial charge in [-0.2, -0.15) is 0 Å². The van der Waals surface area contributed by atoms with E-state index in [2.05, 4.69) is 10.6 Å². The first-order chi connectivity index (χ1) is 10.3. The van der Waals surface area contributed by atoms with Crippen molar-refractivity contribution >= 4 is 11.6 Å². The highest BCUT2D eigenvalue weighted by molar-refractivity contribution is 5.92. The molecule has 2 aliphatic rings. The standard InChI is InChI=1S/C17H24N2O2/c20-17(15-6-8-18-9-7-15)19-16-3-1-2-14(10-16)12-21-11-13-4-5-13/h1-3,10,13,15,18H,4-9,11-12H2,(H,19,20). The van der Waals surface area contributed by atoms with Crippen molar-refractivity contribution in [2.45, 2.75) is 32.3 Å². The van der Waals surface area contributed by atoms with Crippen LogP contribution in [0.4, 0.5) is 5.69 Å². The van der Waals surface area contributed by atoms with Crippen LogP contribution in [0.1, 0.15) is 31.2 Å². The van der Waals surface area contributed by atoms with E-state index in [4.69, 9.17) is 4.74 Å². The van der Waals surface area contributed by atoms with Gasteiger partial charge in [-0.1, -0.05) is 12.1 Å². The summed E-state index contributed by atoms with van der Waals surface area (Å²) in [5, 5.41) is 6.32. The molecule has 1 aliphatic heterocycles. The van der Waals surface area contributed by atoms with E-state index in [0.29, 0.717) is 6.61 Å². The molecule has 4 heteroatoms. The molecule has 2 N–H and O–H groups in total. The maximum Gasteiger partial charge on any atom is 0.227 e. The molecule has 114 valence electrons. The van der Waals surface area contributed by atoms with Gasteiger partial charge in [-0.3, -0.25) is 4.79 Å². The fourth-order valence-corrected chi connectivity index (χ4v) is 2.70. The second-order valence-electron chi connectivity index (χ2n) is 6.17. The van der Waals surface area contributed by atoms with Crippen LogP contribution in [0.25, 0.3) is 0 Å². The number of rotatable bonds is 6. The third kappa shape index (κ3) is 4.55. The molecule has 0 spiro atoms. The average molecular weight is 288 g/mol. The lowest BCUT2D eigenvalue weighted by molar-refractivity contribution is -0.120. The Hall–Kier alpha value is -1.39. The first-order valence-corrected chi connectivity index (χ1v) is 7.99. The second kappa shape index (κ2) is 7.05. The van der Waals surface area contributed by atoms with Gasteiger partial charge < -0.3 is 15.4 Å². The van der Waals surface area contributed by atoms with Crippen molar-refractivity contribution in [1.29, 1.82) is 0 Å². The summed E-state index contributed by atoms with van der Waals surface area (Å²) < 4.78 is 5.70. The van der Waals surface area contributed by atoms with Crippen LogP contribution in [0.3, 0.4) is 0 Å². The van der Waals surface area contributed by atoms with E-state index in [0.717, 1.165) is 49.7 Å². The fraction of sp³-hybridized carbons (Fsp3) is 0.588. The molecule has 1 aromatic rings. The largest absolute Gasteiger partial charge is 0.376 e. The molecule has 1 amide bonds. The highest BCUT2D eigenvalue weighted by Gasteiger charge is 2.22. The Labute approximate surface area is 126 Å². The molecule has 3 rings (SSSR count). The van der Waals surface area contributed by atoms with Gasteiger partial charge in [-0.05, 0) is 62.4 Å². The number of carbonyl (C=O) groups excluding carboxylic acids is 1. The highest BCUT2D eigenvalue weighted by Crippen LogP contribution is 2.29. The third-order valence-electron chi connectivity index (χ3n) is 4.22. The Balaban J connectivity index is 1.50. The predicted octanol–water partition coefficient (Wildman–Crippen LogP) is 2.55. The topological polar surface area (TPSA) is 50.4 Å². The summed E-state index contributed by atoms with van der Waals surface area (Å²) in [7, 11) is 0. The lowest BCUT2D eigenvalue weighted by Crippen LogP contribution is -2.34. The SMILES string of the molecule is O=C(Nc1cccc(COCC2CC2)c1)C1CCNCC1. The minimum atomic E-state index is 0.140. The number of carbonyl (C=O) groups is 1. The van der Waals surface area contributed by atoms with E-state index in [-0.39, 0.29) is 11.8 Å². The molecule has 1 heterocycles. The van der Waals surface area contributed by atoms with Gasteiger partial charge in [-0.15, -0.1) is 0 Å². The smallest absolute Gasteiger partial charge is 0.227 e. The summed E-state index contributed by atoms with van der Waals surface area (Å²) in [4.78, 5) is 12.2. The second-order valence-corrected chi connectivity index (χ2v) is 6.17. The summed E-state index contributed by atoms with van der Waals surface area (Å²) in [6, 6.07) is 8.00. The number of ether oxygens (including phenoxy) is 1. The molecule has 1 aliphatic carbocycles. The Morgan fingerprint density at radius 1 is 1.24 bits per heavy atom. The summed E-state index contributed by atoms with van der Waals surface area (Å²) in [5.41, 5.74) is 2.00. The van der Waals surface area contributed by atoms with Crippen LogP contribution in [0.15, 0.2) is 24.3 Å². The molecular weight excluding hydrogens is 264 g/mol. The fourth-order valence-electron chi connectivity index (χ4n) is 2.70. The molecule has 21 heavy (non-hydrogen) atoms. The van der Waals surface area contributed by atoms with Crippen molar-refractivity contribution in [3.05, 3.63) is 29.8 Å². The molecule has 1 aromatic carbocycles. The van der Waals surface area contributed by atoms with E-state index in [9.17, 15) is 4.79 Å². The molecule has 4 nitrogen and oxygen atoms in total. The first-order valence-electron chi connectivity index (χ1n) is 7.99. The summed E-state index contributed by atoms with van der Waals surface area (Å²) in [5.74, 6) is 1.07. The van der Waals surface area contributed by atoms with E-state index in [1.54, 1.807) is 0 Å². The van der Waals surface area contributed by atoms with Crippen LogP contribution in [-0.4, -0.2) is 25.6 Å². The molecule has 2 fully saturated rings. The van der Waals surface area contributed by atoms with Crippen molar-refractivity contribution in [3.8, 4) is 0 Å². The Morgan fingerprint density at radius 3 is 2.81 bits per heavy atom.